The number of hydrogen-bond donors (Lipinski definition) is 1. The predicted octanol–water partition coefficient (Wildman–Crippen LogP) is 3.69. The van der Waals surface area contributed by atoms with E-state index in [1.807, 2.05) is 0 Å². The van der Waals surface area contributed by atoms with E-state index in [1.54, 1.807) is 24.6 Å². The van der Waals surface area contributed by atoms with Gasteiger partial charge in [0.05, 0.1) is 15.6 Å². The molecule has 9 heteroatoms. The van der Waals surface area contributed by atoms with Gasteiger partial charge in [0, 0.05) is 12.4 Å². The van der Waals surface area contributed by atoms with Gasteiger partial charge in [-0.3, -0.25) is 4.79 Å². The lowest BCUT2D eigenvalue weighted by molar-refractivity contribution is -0.123. The molecule has 0 spiro atoms. The Morgan fingerprint density at radius 3 is 2.75 bits per heavy atom. The highest BCUT2D eigenvalue weighted by atomic mass is 35.5. The zero-order chi connectivity index (χ0) is 17.7. The molecule has 0 saturated heterocycles. The summed E-state index contributed by atoms with van der Waals surface area (Å²) in [6.45, 7) is 1.45. The Kier molecular flexibility index (Phi) is 6.42. The van der Waals surface area contributed by atoms with E-state index in [-0.39, 0.29) is 10.8 Å². The van der Waals surface area contributed by atoms with Crippen molar-refractivity contribution < 1.29 is 14.3 Å². The smallest absolute Gasteiger partial charge is 0.341 e. The highest BCUT2D eigenvalue weighted by Crippen LogP contribution is 2.23. The molecule has 0 fully saturated rings. The number of halogens is 2. The van der Waals surface area contributed by atoms with Gasteiger partial charge in [0.2, 0.25) is 0 Å². The van der Waals surface area contributed by atoms with Crippen LogP contribution in [0.3, 0.4) is 0 Å². The number of carbonyl (C=O) groups is 2. The maximum Gasteiger partial charge on any atom is 0.341 e. The van der Waals surface area contributed by atoms with Crippen LogP contribution in [0.15, 0.2) is 35.6 Å². The maximum atomic E-state index is 12.2. The normalized spacial score (nSPS) is 11.7. The summed E-state index contributed by atoms with van der Waals surface area (Å²) < 4.78 is 5.18. The molecule has 0 aromatic carbocycles. The number of ether oxygens (including phenoxy) is 1. The number of thioether (sulfide) groups is 1. The minimum Gasteiger partial charge on any atom is -0.449 e. The third-order valence-corrected chi connectivity index (χ3v) is 4.09. The average Bonchev–Trinajstić information content (AvgIpc) is 2.57. The van der Waals surface area contributed by atoms with Crippen LogP contribution in [0.5, 0.6) is 0 Å². The van der Waals surface area contributed by atoms with Crippen LogP contribution in [0.2, 0.25) is 10.0 Å². The van der Waals surface area contributed by atoms with Crippen LogP contribution in [0.25, 0.3) is 0 Å². The molecule has 0 unspecified atom stereocenters. The number of aromatic nitrogens is 2. The first-order valence-electron chi connectivity index (χ1n) is 6.74. The lowest BCUT2D eigenvalue weighted by Crippen LogP contribution is -2.30. The predicted molar refractivity (Wildman–Crippen MR) is 93.8 cm³/mol. The van der Waals surface area contributed by atoms with E-state index >= 15 is 0 Å². The number of carbonyl (C=O) groups excluding carboxylic acids is 2. The molecule has 1 atom stereocenters. The van der Waals surface area contributed by atoms with Crippen LogP contribution in [-0.2, 0) is 9.53 Å². The zero-order valence-corrected chi connectivity index (χ0v) is 15.1. The topological polar surface area (TPSA) is 81.2 Å². The monoisotopic (exact) mass is 385 g/mol. The summed E-state index contributed by atoms with van der Waals surface area (Å²) >= 11 is 13.0. The molecular formula is C15H13Cl2N3O3S. The summed E-state index contributed by atoms with van der Waals surface area (Å²) in [5.41, 5.74) is 0.298. The third kappa shape index (κ3) is 4.59. The summed E-state index contributed by atoms with van der Waals surface area (Å²) in [6.07, 6.45) is 3.68. The van der Waals surface area contributed by atoms with E-state index in [0.29, 0.717) is 15.6 Å². The number of nitrogens with one attached hydrogen (secondary N) is 1. The van der Waals surface area contributed by atoms with Crippen molar-refractivity contribution in [3.8, 4) is 0 Å². The van der Waals surface area contributed by atoms with Crippen LogP contribution in [0.1, 0.15) is 17.3 Å². The number of amides is 1. The number of nitrogens with zero attached hydrogens (tertiary/aromatic N) is 2. The van der Waals surface area contributed by atoms with Crippen molar-refractivity contribution in [3.63, 3.8) is 0 Å². The molecule has 0 radical (unpaired) electrons. The van der Waals surface area contributed by atoms with Gasteiger partial charge in [-0.05, 0) is 31.4 Å². The van der Waals surface area contributed by atoms with Crippen molar-refractivity contribution in [1.29, 1.82) is 0 Å². The second kappa shape index (κ2) is 8.32. The molecule has 0 aliphatic rings. The summed E-state index contributed by atoms with van der Waals surface area (Å²) in [7, 11) is 0. The first-order valence-corrected chi connectivity index (χ1v) is 8.72. The minimum absolute atomic E-state index is 0.139. The van der Waals surface area contributed by atoms with Crippen molar-refractivity contribution in [1.82, 2.24) is 9.97 Å². The first kappa shape index (κ1) is 18.5. The number of rotatable bonds is 5. The Morgan fingerprint density at radius 2 is 2.08 bits per heavy atom. The van der Waals surface area contributed by atoms with Crippen molar-refractivity contribution in [3.05, 3.63) is 46.2 Å². The van der Waals surface area contributed by atoms with E-state index in [1.165, 1.54) is 30.9 Å². The second-order valence-corrected chi connectivity index (χ2v) is 6.22. The molecule has 1 N–H and O–H groups in total. The van der Waals surface area contributed by atoms with Gasteiger partial charge in [0.1, 0.15) is 5.03 Å². The molecule has 2 aromatic rings. The molecule has 2 heterocycles. The fourth-order valence-corrected chi connectivity index (χ4v) is 2.68. The van der Waals surface area contributed by atoms with Crippen molar-refractivity contribution >= 4 is 52.7 Å². The van der Waals surface area contributed by atoms with E-state index in [9.17, 15) is 9.59 Å². The minimum atomic E-state index is -1.04. The molecule has 126 valence electrons. The lowest BCUT2D eigenvalue weighted by Gasteiger charge is -2.14. The van der Waals surface area contributed by atoms with Crippen LogP contribution < -0.4 is 5.32 Å². The summed E-state index contributed by atoms with van der Waals surface area (Å²) in [4.78, 5) is 32.3. The van der Waals surface area contributed by atoms with Gasteiger partial charge in [0.25, 0.3) is 5.91 Å². The van der Waals surface area contributed by atoms with Crippen LogP contribution >= 0.6 is 35.0 Å². The summed E-state index contributed by atoms with van der Waals surface area (Å²) in [6, 6.07) is 4.66. The molecule has 0 aliphatic heterocycles. The van der Waals surface area contributed by atoms with Gasteiger partial charge in [-0.2, -0.15) is 0 Å². The fourth-order valence-electron chi connectivity index (χ4n) is 1.71. The number of esters is 1. The van der Waals surface area contributed by atoms with Crippen molar-refractivity contribution in [2.75, 3.05) is 11.6 Å². The maximum absolute atomic E-state index is 12.2. The Hall–Kier alpha value is -1.83. The van der Waals surface area contributed by atoms with E-state index in [2.05, 4.69) is 15.3 Å². The zero-order valence-electron chi connectivity index (χ0n) is 12.7. The molecule has 2 rings (SSSR count). The average molecular weight is 386 g/mol. The quantitative estimate of drug-likeness (QED) is 0.624. The Labute approximate surface area is 152 Å². The van der Waals surface area contributed by atoms with E-state index in [4.69, 9.17) is 27.9 Å². The first-order chi connectivity index (χ1) is 11.4. The fraction of sp³-hybridized carbons (Fsp3) is 0.200. The molecular weight excluding hydrogens is 373 g/mol. The van der Waals surface area contributed by atoms with Gasteiger partial charge in [-0.25, -0.2) is 14.8 Å². The highest BCUT2D eigenvalue weighted by molar-refractivity contribution is 7.98. The Bertz CT molecular complexity index is 773. The van der Waals surface area contributed by atoms with Gasteiger partial charge >= 0.3 is 5.97 Å². The lowest BCUT2D eigenvalue weighted by atomic mass is 10.3. The van der Waals surface area contributed by atoms with Crippen molar-refractivity contribution in [2.24, 2.45) is 0 Å². The highest BCUT2D eigenvalue weighted by Gasteiger charge is 2.22. The third-order valence-electron chi connectivity index (χ3n) is 2.89. The van der Waals surface area contributed by atoms with Crippen LogP contribution in [0.4, 0.5) is 5.82 Å². The van der Waals surface area contributed by atoms with Gasteiger partial charge in [-0.15, -0.1) is 11.8 Å². The van der Waals surface area contributed by atoms with Gasteiger partial charge in [-0.1, -0.05) is 23.2 Å². The largest absolute Gasteiger partial charge is 0.449 e. The van der Waals surface area contributed by atoms with E-state index in [0.717, 1.165) is 0 Å². The standard InChI is InChI=1S/C15H13Cl2N3O3S/c1-8(13(21)20-12-11(17)6-9(16)7-19-12)23-15(22)10-4-3-5-18-14(10)24-2/h3-8H,1-2H3,(H,19,20,21)/t8-/m0/s1. The van der Waals surface area contributed by atoms with Crippen LogP contribution in [0, 0.1) is 0 Å². The van der Waals surface area contributed by atoms with Gasteiger partial charge < -0.3 is 10.1 Å². The molecule has 6 nitrogen and oxygen atoms in total. The number of hydrogen-bond acceptors (Lipinski definition) is 6. The summed E-state index contributed by atoms with van der Waals surface area (Å²) in [5, 5.41) is 3.54. The molecule has 24 heavy (non-hydrogen) atoms. The Morgan fingerprint density at radius 1 is 1.33 bits per heavy atom. The van der Waals surface area contributed by atoms with Crippen molar-refractivity contribution in [2.45, 2.75) is 18.1 Å². The molecule has 0 aliphatic carbocycles. The van der Waals surface area contributed by atoms with E-state index < -0.39 is 18.0 Å². The number of anilines is 1. The molecule has 2 aromatic heterocycles. The molecule has 0 saturated carbocycles. The van der Waals surface area contributed by atoms with Gasteiger partial charge in [0.15, 0.2) is 11.9 Å². The van der Waals surface area contributed by atoms with Crippen LogP contribution in [-0.4, -0.2) is 34.2 Å². The second-order valence-electron chi connectivity index (χ2n) is 4.58. The Balaban J connectivity index is 2.04. The SMILES string of the molecule is CSc1ncccc1C(=O)O[C@@H](C)C(=O)Nc1ncc(Cl)cc1Cl. The molecule has 0 bridgehead atoms. The summed E-state index contributed by atoms with van der Waals surface area (Å²) in [5.74, 6) is -1.06. The number of pyridine rings is 2. The molecule has 1 amide bonds.